The molecule has 1 aromatic heterocycles. The smallest absolute Gasteiger partial charge is 0.244 e. The van der Waals surface area contributed by atoms with Crippen LogP contribution in [-0.4, -0.2) is 29.9 Å². The Morgan fingerprint density at radius 2 is 2.12 bits per heavy atom. The van der Waals surface area contributed by atoms with Crippen LogP contribution in [0.1, 0.15) is 44.9 Å². The molecule has 0 radical (unpaired) electrons. The van der Waals surface area contributed by atoms with Crippen molar-refractivity contribution in [3.63, 3.8) is 0 Å². The molecule has 17 heavy (non-hydrogen) atoms. The summed E-state index contributed by atoms with van der Waals surface area (Å²) in [7, 11) is 1.71. The van der Waals surface area contributed by atoms with Crippen molar-refractivity contribution in [1.82, 2.24) is 15.5 Å². The summed E-state index contributed by atoms with van der Waals surface area (Å²) in [5.74, 6) is 1.72. The van der Waals surface area contributed by atoms with Crippen molar-refractivity contribution < 1.29 is 9.26 Å². The summed E-state index contributed by atoms with van der Waals surface area (Å²) in [6.07, 6.45) is 1.00. The highest BCUT2D eigenvalue weighted by Gasteiger charge is 2.24. The van der Waals surface area contributed by atoms with Crippen molar-refractivity contribution in [2.45, 2.75) is 46.2 Å². The molecular formula is C12H23N3O2. The van der Waals surface area contributed by atoms with Gasteiger partial charge in [0.2, 0.25) is 5.89 Å². The summed E-state index contributed by atoms with van der Waals surface area (Å²) in [6, 6.07) is 0.385. The Morgan fingerprint density at radius 1 is 1.41 bits per heavy atom. The van der Waals surface area contributed by atoms with Gasteiger partial charge in [0.25, 0.3) is 0 Å². The summed E-state index contributed by atoms with van der Waals surface area (Å²) in [4.78, 5) is 4.30. The molecule has 5 heteroatoms. The lowest BCUT2D eigenvalue weighted by Gasteiger charge is -2.24. The number of rotatable bonds is 7. The monoisotopic (exact) mass is 241 g/mol. The summed E-state index contributed by atoms with van der Waals surface area (Å²) in [5.41, 5.74) is 0. The van der Waals surface area contributed by atoms with Gasteiger partial charge in [-0.15, -0.1) is 0 Å². The molecule has 1 N–H and O–H groups in total. The van der Waals surface area contributed by atoms with Crippen molar-refractivity contribution in [2.24, 2.45) is 5.92 Å². The lowest BCUT2D eigenvalue weighted by atomic mass is 10.0. The van der Waals surface area contributed by atoms with Gasteiger partial charge in [-0.3, -0.25) is 0 Å². The van der Waals surface area contributed by atoms with E-state index in [0.717, 1.165) is 6.42 Å². The lowest BCUT2D eigenvalue weighted by molar-refractivity contribution is 0.147. The Bertz CT molecular complexity index is 325. The molecule has 2 unspecified atom stereocenters. The molecule has 1 aromatic rings. The highest BCUT2D eigenvalue weighted by Crippen LogP contribution is 2.21. The van der Waals surface area contributed by atoms with E-state index in [0.29, 0.717) is 30.3 Å². The highest BCUT2D eigenvalue weighted by atomic mass is 16.5. The van der Waals surface area contributed by atoms with E-state index in [4.69, 9.17) is 9.26 Å². The minimum absolute atomic E-state index is 0.0799. The second-order valence-electron chi connectivity index (χ2n) is 4.63. The number of ether oxygens (including phenoxy) is 1. The summed E-state index contributed by atoms with van der Waals surface area (Å²) < 4.78 is 10.4. The van der Waals surface area contributed by atoms with E-state index >= 15 is 0 Å². The van der Waals surface area contributed by atoms with Gasteiger partial charge in [0, 0.05) is 13.2 Å². The lowest BCUT2D eigenvalue weighted by Crippen LogP contribution is -2.38. The van der Waals surface area contributed by atoms with Gasteiger partial charge in [0.05, 0.1) is 12.6 Å². The molecule has 98 valence electrons. The number of aromatic nitrogens is 2. The van der Waals surface area contributed by atoms with Gasteiger partial charge >= 0.3 is 0 Å². The molecule has 5 nitrogen and oxygen atoms in total. The molecule has 0 aromatic carbocycles. The fraction of sp³-hybridized carbons (Fsp3) is 0.833. The molecule has 0 saturated carbocycles. The number of nitrogens with zero attached hydrogens (tertiary/aromatic N) is 2. The molecule has 2 atom stereocenters. The number of methoxy groups -OCH3 is 1. The van der Waals surface area contributed by atoms with Crippen LogP contribution in [0.4, 0.5) is 0 Å². The van der Waals surface area contributed by atoms with Crippen molar-refractivity contribution >= 4 is 0 Å². The molecule has 0 aliphatic rings. The van der Waals surface area contributed by atoms with Crippen LogP contribution in [-0.2, 0) is 4.74 Å². The molecule has 0 bridgehead atoms. The van der Waals surface area contributed by atoms with Crippen LogP contribution in [0.15, 0.2) is 4.52 Å². The average molecular weight is 241 g/mol. The van der Waals surface area contributed by atoms with Crippen LogP contribution < -0.4 is 5.32 Å². The maximum absolute atomic E-state index is 5.25. The Kier molecular flexibility index (Phi) is 5.58. The standard InChI is InChI=1S/C12H23N3O2/c1-6-10(7-16-5)14-11(8(2)3)12-13-9(4)15-17-12/h8,10-11,14H,6-7H2,1-5H3. The van der Waals surface area contributed by atoms with Crippen molar-refractivity contribution in [2.75, 3.05) is 13.7 Å². The fourth-order valence-corrected chi connectivity index (χ4v) is 1.73. The highest BCUT2D eigenvalue weighted by molar-refractivity contribution is 4.94. The van der Waals surface area contributed by atoms with Gasteiger partial charge in [-0.25, -0.2) is 0 Å². The molecule has 1 heterocycles. The average Bonchev–Trinajstić information content (AvgIpc) is 2.70. The number of hydrogen-bond donors (Lipinski definition) is 1. The first kappa shape index (κ1) is 14.1. The second-order valence-corrected chi connectivity index (χ2v) is 4.63. The molecule has 0 saturated heterocycles. The predicted molar refractivity (Wildman–Crippen MR) is 65.7 cm³/mol. The van der Waals surface area contributed by atoms with Gasteiger partial charge in [-0.1, -0.05) is 25.9 Å². The molecular weight excluding hydrogens is 218 g/mol. The third kappa shape index (κ3) is 4.09. The van der Waals surface area contributed by atoms with E-state index in [-0.39, 0.29) is 6.04 Å². The Hall–Kier alpha value is -0.940. The first-order chi connectivity index (χ1) is 8.08. The zero-order valence-electron chi connectivity index (χ0n) is 11.4. The molecule has 0 aliphatic carbocycles. The molecule has 0 amide bonds. The summed E-state index contributed by atoms with van der Waals surface area (Å²) >= 11 is 0. The Balaban J connectivity index is 2.72. The van der Waals surface area contributed by atoms with E-state index < -0.39 is 0 Å². The second kappa shape index (κ2) is 6.71. The summed E-state index contributed by atoms with van der Waals surface area (Å²) in [5, 5.41) is 7.35. The number of nitrogens with one attached hydrogen (secondary N) is 1. The number of hydrogen-bond acceptors (Lipinski definition) is 5. The SMILES string of the molecule is CCC(COC)NC(c1nc(C)no1)C(C)C. The van der Waals surface area contributed by atoms with Gasteiger partial charge in [-0.2, -0.15) is 4.98 Å². The van der Waals surface area contributed by atoms with Crippen LogP contribution in [0, 0.1) is 12.8 Å². The van der Waals surface area contributed by atoms with E-state index in [1.165, 1.54) is 0 Å². The van der Waals surface area contributed by atoms with E-state index in [1.54, 1.807) is 7.11 Å². The zero-order valence-corrected chi connectivity index (χ0v) is 11.4. The van der Waals surface area contributed by atoms with E-state index in [9.17, 15) is 0 Å². The van der Waals surface area contributed by atoms with E-state index in [2.05, 4.69) is 36.2 Å². The van der Waals surface area contributed by atoms with Gasteiger partial charge in [-0.05, 0) is 19.3 Å². The Morgan fingerprint density at radius 3 is 2.53 bits per heavy atom. The fourth-order valence-electron chi connectivity index (χ4n) is 1.73. The van der Waals surface area contributed by atoms with Gasteiger partial charge < -0.3 is 14.6 Å². The third-order valence-electron chi connectivity index (χ3n) is 2.75. The van der Waals surface area contributed by atoms with Crippen LogP contribution in [0.5, 0.6) is 0 Å². The van der Waals surface area contributed by atoms with Crippen molar-refractivity contribution in [3.05, 3.63) is 11.7 Å². The normalized spacial score (nSPS) is 15.2. The van der Waals surface area contributed by atoms with Crippen molar-refractivity contribution in [3.8, 4) is 0 Å². The van der Waals surface area contributed by atoms with Crippen LogP contribution in [0.25, 0.3) is 0 Å². The van der Waals surface area contributed by atoms with E-state index in [1.807, 2.05) is 6.92 Å². The van der Waals surface area contributed by atoms with Crippen LogP contribution >= 0.6 is 0 Å². The largest absolute Gasteiger partial charge is 0.383 e. The zero-order chi connectivity index (χ0) is 12.8. The maximum Gasteiger partial charge on any atom is 0.244 e. The van der Waals surface area contributed by atoms with Gasteiger partial charge in [0.15, 0.2) is 5.82 Å². The predicted octanol–water partition coefficient (Wildman–Crippen LogP) is 2.09. The molecule has 0 spiro atoms. The minimum atomic E-state index is 0.0799. The molecule has 0 fully saturated rings. The minimum Gasteiger partial charge on any atom is -0.383 e. The molecule has 1 rings (SSSR count). The quantitative estimate of drug-likeness (QED) is 0.792. The first-order valence-electron chi connectivity index (χ1n) is 6.13. The van der Waals surface area contributed by atoms with Crippen LogP contribution in [0.2, 0.25) is 0 Å². The maximum atomic E-state index is 5.25. The topological polar surface area (TPSA) is 60.2 Å². The Labute approximate surface area is 103 Å². The van der Waals surface area contributed by atoms with Gasteiger partial charge in [0.1, 0.15) is 0 Å². The summed E-state index contributed by atoms with van der Waals surface area (Å²) in [6.45, 7) is 8.92. The first-order valence-corrected chi connectivity index (χ1v) is 6.13. The van der Waals surface area contributed by atoms with Crippen molar-refractivity contribution in [1.29, 1.82) is 0 Å². The third-order valence-corrected chi connectivity index (χ3v) is 2.75. The van der Waals surface area contributed by atoms with Crippen LogP contribution in [0.3, 0.4) is 0 Å². The number of aryl methyl sites for hydroxylation is 1. The molecule has 0 aliphatic heterocycles.